The molecule has 86 valence electrons. The summed E-state index contributed by atoms with van der Waals surface area (Å²) in [5.74, 6) is 0.714. The van der Waals surface area contributed by atoms with E-state index in [-0.39, 0.29) is 0 Å². The zero-order chi connectivity index (χ0) is 10.8. The van der Waals surface area contributed by atoms with Gasteiger partial charge in [0.2, 0.25) is 0 Å². The maximum Gasteiger partial charge on any atom is 0.0466 e. The molecule has 2 N–H and O–H groups in total. The predicted octanol–water partition coefficient (Wildman–Crippen LogP) is 2.96. The lowest BCUT2D eigenvalue weighted by Crippen LogP contribution is -2.22. The van der Waals surface area contributed by atoms with Crippen molar-refractivity contribution in [3.63, 3.8) is 0 Å². The van der Waals surface area contributed by atoms with Gasteiger partial charge >= 0.3 is 0 Å². The molecule has 1 unspecified atom stereocenters. The minimum absolute atomic E-state index is 0.366. The minimum atomic E-state index is 0.366. The van der Waals surface area contributed by atoms with E-state index in [1.54, 1.807) is 0 Å². The van der Waals surface area contributed by atoms with Crippen molar-refractivity contribution < 1.29 is 4.74 Å². The molecule has 0 aliphatic carbocycles. The van der Waals surface area contributed by atoms with Gasteiger partial charge in [-0.25, -0.2) is 0 Å². The molecule has 1 atom stereocenters. The van der Waals surface area contributed by atoms with E-state index in [9.17, 15) is 0 Å². The molecule has 0 aromatic carbocycles. The highest BCUT2D eigenvalue weighted by atomic mass is 16.5. The lowest BCUT2D eigenvalue weighted by Gasteiger charge is -2.13. The smallest absolute Gasteiger partial charge is 0.0466 e. The van der Waals surface area contributed by atoms with Gasteiger partial charge in [-0.05, 0) is 31.6 Å². The summed E-state index contributed by atoms with van der Waals surface area (Å²) < 4.78 is 5.47. The molecule has 0 aromatic heterocycles. The molecular formula is C12H27NO. The van der Waals surface area contributed by atoms with Crippen LogP contribution in [0.3, 0.4) is 0 Å². The Bertz CT molecular complexity index is 115. The Morgan fingerprint density at radius 3 is 2.36 bits per heavy atom. The van der Waals surface area contributed by atoms with Gasteiger partial charge in [0, 0.05) is 19.3 Å². The SMILES string of the molecule is CCCCOCCCC(N)CC(C)C. The van der Waals surface area contributed by atoms with Gasteiger partial charge in [0.1, 0.15) is 0 Å². The van der Waals surface area contributed by atoms with E-state index in [2.05, 4.69) is 20.8 Å². The van der Waals surface area contributed by atoms with E-state index in [0.29, 0.717) is 12.0 Å². The van der Waals surface area contributed by atoms with Crippen molar-refractivity contribution in [2.45, 2.75) is 58.9 Å². The fourth-order valence-corrected chi connectivity index (χ4v) is 1.52. The quantitative estimate of drug-likeness (QED) is 0.582. The summed E-state index contributed by atoms with van der Waals surface area (Å²) in [6.07, 6.45) is 5.74. The molecule has 0 rings (SSSR count). The first-order valence-corrected chi connectivity index (χ1v) is 6.00. The summed E-state index contributed by atoms with van der Waals surface area (Å²) in [5, 5.41) is 0. The van der Waals surface area contributed by atoms with Gasteiger partial charge in [-0.2, -0.15) is 0 Å². The summed E-state index contributed by atoms with van der Waals surface area (Å²) in [4.78, 5) is 0. The van der Waals surface area contributed by atoms with Crippen molar-refractivity contribution in [1.82, 2.24) is 0 Å². The fraction of sp³-hybridized carbons (Fsp3) is 1.00. The average molecular weight is 201 g/mol. The Morgan fingerprint density at radius 2 is 1.79 bits per heavy atom. The number of nitrogens with two attached hydrogens (primary N) is 1. The summed E-state index contributed by atoms with van der Waals surface area (Å²) in [6, 6.07) is 0.366. The van der Waals surface area contributed by atoms with Crippen LogP contribution in [0.2, 0.25) is 0 Å². The predicted molar refractivity (Wildman–Crippen MR) is 62.4 cm³/mol. The standard InChI is InChI=1S/C12H27NO/c1-4-5-8-14-9-6-7-12(13)10-11(2)3/h11-12H,4-10,13H2,1-3H3. The van der Waals surface area contributed by atoms with E-state index in [0.717, 1.165) is 32.5 Å². The Balaban J connectivity index is 3.10. The largest absolute Gasteiger partial charge is 0.381 e. The first kappa shape index (κ1) is 13.9. The monoisotopic (exact) mass is 201 g/mol. The third-order valence-electron chi connectivity index (χ3n) is 2.28. The third-order valence-corrected chi connectivity index (χ3v) is 2.28. The minimum Gasteiger partial charge on any atom is -0.381 e. The molecule has 0 fully saturated rings. The topological polar surface area (TPSA) is 35.2 Å². The lowest BCUT2D eigenvalue weighted by atomic mass is 10.0. The van der Waals surface area contributed by atoms with Crippen molar-refractivity contribution in [2.24, 2.45) is 11.7 Å². The molecule has 0 amide bonds. The normalized spacial score (nSPS) is 13.5. The molecular weight excluding hydrogens is 174 g/mol. The van der Waals surface area contributed by atoms with Crippen molar-refractivity contribution >= 4 is 0 Å². The number of hydrogen-bond acceptors (Lipinski definition) is 2. The fourth-order valence-electron chi connectivity index (χ4n) is 1.52. The molecule has 0 aliphatic heterocycles. The van der Waals surface area contributed by atoms with E-state index in [1.165, 1.54) is 12.8 Å². The van der Waals surface area contributed by atoms with Crippen LogP contribution in [0.4, 0.5) is 0 Å². The van der Waals surface area contributed by atoms with Gasteiger partial charge in [0.05, 0.1) is 0 Å². The zero-order valence-corrected chi connectivity index (χ0v) is 10.1. The molecule has 0 bridgehead atoms. The molecule has 0 saturated heterocycles. The molecule has 0 aliphatic rings. The summed E-state index contributed by atoms with van der Waals surface area (Å²) >= 11 is 0. The van der Waals surface area contributed by atoms with Gasteiger partial charge in [-0.1, -0.05) is 27.2 Å². The van der Waals surface area contributed by atoms with Gasteiger partial charge in [-0.15, -0.1) is 0 Å². The Hall–Kier alpha value is -0.0800. The molecule has 0 aromatic rings. The van der Waals surface area contributed by atoms with E-state index in [4.69, 9.17) is 10.5 Å². The van der Waals surface area contributed by atoms with Gasteiger partial charge < -0.3 is 10.5 Å². The van der Waals surface area contributed by atoms with E-state index in [1.807, 2.05) is 0 Å². The maximum absolute atomic E-state index is 5.96. The second kappa shape index (κ2) is 9.47. The van der Waals surface area contributed by atoms with Crippen molar-refractivity contribution in [3.05, 3.63) is 0 Å². The van der Waals surface area contributed by atoms with Crippen LogP contribution in [-0.4, -0.2) is 19.3 Å². The van der Waals surface area contributed by atoms with Gasteiger partial charge in [0.25, 0.3) is 0 Å². The highest BCUT2D eigenvalue weighted by Gasteiger charge is 2.04. The Labute approximate surface area is 89.2 Å². The molecule has 0 heterocycles. The van der Waals surface area contributed by atoms with Crippen LogP contribution in [0.1, 0.15) is 52.9 Å². The van der Waals surface area contributed by atoms with Crippen LogP contribution in [0, 0.1) is 5.92 Å². The second-order valence-electron chi connectivity index (χ2n) is 4.50. The number of ether oxygens (including phenoxy) is 1. The lowest BCUT2D eigenvalue weighted by molar-refractivity contribution is 0.125. The number of unbranched alkanes of at least 4 members (excludes halogenated alkanes) is 1. The van der Waals surface area contributed by atoms with Crippen LogP contribution in [0.25, 0.3) is 0 Å². The van der Waals surface area contributed by atoms with Crippen molar-refractivity contribution in [3.8, 4) is 0 Å². The first-order valence-electron chi connectivity index (χ1n) is 6.00. The maximum atomic E-state index is 5.96. The molecule has 0 saturated carbocycles. The number of rotatable bonds is 9. The van der Waals surface area contributed by atoms with Crippen LogP contribution >= 0.6 is 0 Å². The number of hydrogen-bond donors (Lipinski definition) is 1. The van der Waals surface area contributed by atoms with Crippen molar-refractivity contribution in [1.29, 1.82) is 0 Å². The Morgan fingerprint density at radius 1 is 1.14 bits per heavy atom. The summed E-state index contributed by atoms with van der Waals surface area (Å²) in [6.45, 7) is 8.42. The van der Waals surface area contributed by atoms with E-state index < -0.39 is 0 Å². The second-order valence-corrected chi connectivity index (χ2v) is 4.50. The van der Waals surface area contributed by atoms with Crippen molar-refractivity contribution in [2.75, 3.05) is 13.2 Å². The molecule has 2 heteroatoms. The van der Waals surface area contributed by atoms with E-state index >= 15 is 0 Å². The van der Waals surface area contributed by atoms with Crippen LogP contribution in [0.15, 0.2) is 0 Å². The first-order chi connectivity index (χ1) is 6.66. The molecule has 0 radical (unpaired) electrons. The van der Waals surface area contributed by atoms with Crippen LogP contribution < -0.4 is 5.73 Å². The average Bonchev–Trinajstić information content (AvgIpc) is 2.10. The highest BCUT2D eigenvalue weighted by Crippen LogP contribution is 2.07. The highest BCUT2D eigenvalue weighted by molar-refractivity contribution is 4.63. The Kier molecular flexibility index (Phi) is 9.42. The van der Waals surface area contributed by atoms with Gasteiger partial charge in [0.15, 0.2) is 0 Å². The van der Waals surface area contributed by atoms with Crippen LogP contribution in [-0.2, 0) is 4.74 Å². The van der Waals surface area contributed by atoms with Crippen LogP contribution in [0.5, 0.6) is 0 Å². The zero-order valence-electron chi connectivity index (χ0n) is 10.1. The summed E-state index contributed by atoms with van der Waals surface area (Å²) in [5.41, 5.74) is 5.96. The molecule has 14 heavy (non-hydrogen) atoms. The molecule has 0 spiro atoms. The third kappa shape index (κ3) is 10.0. The molecule has 2 nitrogen and oxygen atoms in total. The summed E-state index contributed by atoms with van der Waals surface area (Å²) in [7, 11) is 0. The van der Waals surface area contributed by atoms with Gasteiger partial charge in [-0.3, -0.25) is 0 Å².